The van der Waals surface area contributed by atoms with Crippen LogP contribution in [0.1, 0.15) is 52.4 Å². The van der Waals surface area contributed by atoms with E-state index in [1.807, 2.05) is 0 Å². The Bertz CT molecular complexity index is 366. The summed E-state index contributed by atoms with van der Waals surface area (Å²) in [6, 6.07) is 0. The Kier molecular flexibility index (Phi) is 1.53. The van der Waals surface area contributed by atoms with E-state index in [0.717, 1.165) is 19.3 Å². The lowest BCUT2D eigenvalue weighted by Crippen LogP contribution is -2.39. The van der Waals surface area contributed by atoms with E-state index in [1.165, 1.54) is 24.8 Å². The molecule has 2 atom stereocenters. The molecule has 0 radical (unpaired) electrons. The molecule has 0 amide bonds. The summed E-state index contributed by atoms with van der Waals surface area (Å²) in [7, 11) is 0. The Labute approximate surface area is 91.9 Å². The second kappa shape index (κ2) is 2.39. The zero-order valence-corrected chi connectivity index (χ0v) is 9.86. The predicted molar refractivity (Wildman–Crippen MR) is 60.5 cm³/mol. The van der Waals surface area contributed by atoms with Crippen molar-refractivity contribution in [1.29, 1.82) is 0 Å². The van der Waals surface area contributed by atoms with Crippen molar-refractivity contribution >= 4 is 5.78 Å². The van der Waals surface area contributed by atoms with Gasteiger partial charge in [-0.1, -0.05) is 32.4 Å². The number of rotatable bonds is 0. The Morgan fingerprint density at radius 1 is 1.20 bits per heavy atom. The summed E-state index contributed by atoms with van der Waals surface area (Å²) in [5.41, 5.74) is 1.67. The number of allylic oxidation sites excluding steroid dienone is 1. The van der Waals surface area contributed by atoms with Crippen LogP contribution in [0.3, 0.4) is 0 Å². The highest BCUT2D eigenvalue weighted by molar-refractivity contribution is 5.93. The van der Waals surface area contributed by atoms with Crippen LogP contribution < -0.4 is 0 Å². The van der Waals surface area contributed by atoms with Gasteiger partial charge in [-0.05, 0) is 36.5 Å². The van der Waals surface area contributed by atoms with Gasteiger partial charge in [-0.15, -0.1) is 0 Å². The van der Waals surface area contributed by atoms with Gasteiger partial charge in [0.2, 0.25) is 0 Å². The van der Waals surface area contributed by atoms with Gasteiger partial charge in [-0.25, -0.2) is 0 Å². The molecule has 0 saturated heterocycles. The molecule has 0 aliphatic heterocycles. The fourth-order valence-electron chi connectivity index (χ4n) is 5.12. The van der Waals surface area contributed by atoms with Gasteiger partial charge in [0, 0.05) is 6.42 Å². The number of carbonyl (C=O) groups excluding carboxylic acids is 1. The van der Waals surface area contributed by atoms with Crippen molar-refractivity contribution in [3.63, 3.8) is 0 Å². The molecule has 0 N–H and O–H groups in total. The Morgan fingerprint density at radius 2 is 1.93 bits per heavy atom. The first-order valence-corrected chi connectivity index (χ1v) is 6.18. The topological polar surface area (TPSA) is 17.1 Å². The second-order valence-electron chi connectivity index (χ2n) is 6.43. The molecule has 3 aliphatic carbocycles. The first-order chi connectivity index (χ1) is 6.96. The van der Waals surface area contributed by atoms with Gasteiger partial charge in [-0.2, -0.15) is 0 Å². The van der Waals surface area contributed by atoms with Crippen LogP contribution in [0.4, 0.5) is 0 Å². The molecule has 82 valence electrons. The number of ketones is 1. The summed E-state index contributed by atoms with van der Waals surface area (Å²) < 4.78 is 0. The molecule has 0 aromatic rings. The lowest BCUT2D eigenvalue weighted by atomic mass is 9.60. The minimum absolute atomic E-state index is 0.0868. The molecule has 3 saturated carbocycles. The quantitative estimate of drug-likeness (QED) is 0.552. The highest BCUT2D eigenvalue weighted by atomic mass is 16.1. The van der Waals surface area contributed by atoms with Gasteiger partial charge in [-0.3, -0.25) is 4.79 Å². The zero-order valence-electron chi connectivity index (χ0n) is 9.86. The normalized spacial score (nSPS) is 47.1. The maximum atomic E-state index is 12.4. The van der Waals surface area contributed by atoms with Crippen LogP contribution in [0.2, 0.25) is 0 Å². The van der Waals surface area contributed by atoms with Crippen LogP contribution >= 0.6 is 0 Å². The molecular formula is C14H20O. The van der Waals surface area contributed by atoms with Gasteiger partial charge in [0.25, 0.3) is 0 Å². The standard InChI is InChI=1S/C14H20O/c1-10-5-8-13-6-4-7-14(10,13)11(15)9-12(13,2)3/h1,4-9H2,2-3H3/t13-,14-/m1/s1. The number of hydrogen-bond donors (Lipinski definition) is 0. The molecule has 0 spiro atoms. The Hall–Kier alpha value is -0.590. The molecule has 15 heavy (non-hydrogen) atoms. The van der Waals surface area contributed by atoms with E-state index in [4.69, 9.17) is 0 Å². The molecule has 1 heteroatoms. The van der Waals surface area contributed by atoms with Crippen molar-refractivity contribution in [3.8, 4) is 0 Å². The van der Waals surface area contributed by atoms with Gasteiger partial charge in [0.15, 0.2) is 0 Å². The third-order valence-electron chi connectivity index (χ3n) is 5.80. The van der Waals surface area contributed by atoms with Gasteiger partial charge in [0.05, 0.1) is 5.41 Å². The Morgan fingerprint density at radius 3 is 2.60 bits per heavy atom. The monoisotopic (exact) mass is 204 g/mol. The van der Waals surface area contributed by atoms with Crippen LogP contribution in [0.25, 0.3) is 0 Å². The second-order valence-corrected chi connectivity index (χ2v) is 6.43. The highest BCUT2D eigenvalue weighted by Gasteiger charge is 2.72. The van der Waals surface area contributed by atoms with Crippen LogP contribution in [0, 0.1) is 16.2 Å². The highest BCUT2D eigenvalue weighted by Crippen LogP contribution is 2.76. The van der Waals surface area contributed by atoms with Crippen molar-refractivity contribution in [2.45, 2.75) is 52.4 Å². The van der Waals surface area contributed by atoms with Gasteiger partial charge in [0.1, 0.15) is 5.78 Å². The lowest BCUT2D eigenvalue weighted by Gasteiger charge is -2.42. The molecule has 3 rings (SSSR count). The predicted octanol–water partition coefficient (Wildman–Crippen LogP) is 3.49. The minimum Gasteiger partial charge on any atom is -0.299 e. The number of hydrogen-bond acceptors (Lipinski definition) is 1. The molecule has 0 bridgehead atoms. The van der Waals surface area contributed by atoms with Crippen molar-refractivity contribution in [1.82, 2.24) is 0 Å². The summed E-state index contributed by atoms with van der Waals surface area (Å²) in [6.45, 7) is 8.82. The SMILES string of the molecule is C=C1CC[C@@]23CCC[C@]12C(=O)CC3(C)C. The third-order valence-corrected chi connectivity index (χ3v) is 5.80. The maximum Gasteiger partial charge on any atom is 0.144 e. The first kappa shape index (κ1) is 9.62. The van der Waals surface area contributed by atoms with E-state index in [2.05, 4.69) is 20.4 Å². The van der Waals surface area contributed by atoms with E-state index >= 15 is 0 Å². The molecule has 0 aromatic carbocycles. The van der Waals surface area contributed by atoms with E-state index in [9.17, 15) is 4.79 Å². The van der Waals surface area contributed by atoms with Crippen molar-refractivity contribution in [2.24, 2.45) is 16.2 Å². The molecule has 3 aliphatic rings. The van der Waals surface area contributed by atoms with Crippen LogP contribution in [0.5, 0.6) is 0 Å². The largest absolute Gasteiger partial charge is 0.299 e. The van der Waals surface area contributed by atoms with Crippen molar-refractivity contribution < 1.29 is 4.79 Å². The lowest BCUT2D eigenvalue weighted by molar-refractivity contribution is -0.125. The molecule has 0 aromatic heterocycles. The molecule has 0 unspecified atom stereocenters. The average molecular weight is 204 g/mol. The third kappa shape index (κ3) is 0.745. The maximum absolute atomic E-state index is 12.4. The van der Waals surface area contributed by atoms with Crippen LogP contribution in [-0.4, -0.2) is 5.78 Å². The van der Waals surface area contributed by atoms with Crippen molar-refractivity contribution in [2.75, 3.05) is 0 Å². The first-order valence-electron chi connectivity index (χ1n) is 6.18. The van der Waals surface area contributed by atoms with Gasteiger partial charge < -0.3 is 0 Å². The zero-order chi connectivity index (χ0) is 10.9. The van der Waals surface area contributed by atoms with Crippen LogP contribution in [-0.2, 0) is 4.79 Å². The van der Waals surface area contributed by atoms with E-state index in [0.29, 0.717) is 5.78 Å². The number of Topliss-reactive ketones (excluding diaryl/α,β-unsaturated/α-hetero) is 1. The van der Waals surface area contributed by atoms with Crippen molar-refractivity contribution in [3.05, 3.63) is 12.2 Å². The van der Waals surface area contributed by atoms with Gasteiger partial charge >= 0.3 is 0 Å². The molecule has 0 heterocycles. The smallest absolute Gasteiger partial charge is 0.144 e. The Balaban J connectivity index is 2.26. The van der Waals surface area contributed by atoms with E-state index in [1.54, 1.807) is 0 Å². The minimum atomic E-state index is -0.0868. The van der Waals surface area contributed by atoms with E-state index in [-0.39, 0.29) is 16.2 Å². The molecular weight excluding hydrogens is 184 g/mol. The average Bonchev–Trinajstić information content (AvgIpc) is 2.68. The summed E-state index contributed by atoms with van der Waals surface area (Å²) in [4.78, 5) is 12.4. The van der Waals surface area contributed by atoms with Crippen LogP contribution in [0.15, 0.2) is 12.2 Å². The number of carbonyl (C=O) groups is 1. The summed E-state index contributed by atoms with van der Waals surface area (Å²) >= 11 is 0. The fourth-order valence-corrected chi connectivity index (χ4v) is 5.12. The molecule has 3 fully saturated rings. The summed E-state index contributed by atoms with van der Waals surface area (Å²) in [5, 5.41) is 0. The summed E-state index contributed by atoms with van der Waals surface area (Å²) in [5.74, 6) is 0.507. The molecule has 1 nitrogen and oxygen atoms in total. The van der Waals surface area contributed by atoms with E-state index < -0.39 is 0 Å². The summed E-state index contributed by atoms with van der Waals surface area (Å²) in [6.07, 6.45) is 6.67. The fraction of sp³-hybridized carbons (Fsp3) is 0.786.